The molecule has 0 aliphatic carbocycles. The molecule has 0 bridgehead atoms. The van der Waals surface area contributed by atoms with Gasteiger partial charge in [0.05, 0.1) is 4.92 Å². The number of carbonyl (C=O) groups is 1. The fourth-order valence-corrected chi connectivity index (χ4v) is 2.54. The Balaban J connectivity index is 2.43. The Morgan fingerprint density at radius 1 is 1.50 bits per heavy atom. The molecule has 0 amide bonds. The zero-order chi connectivity index (χ0) is 13.1. The summed E-state index contributed by atoms with van der Waals surface area (Å²) in [6, 6.07) is 2.20. The standard InChI is InChI=1S/C8H4N4O4S2/c13-7(14)4-1-2-5(12(15)16)6(10-4)18-8-11-9-3-17-8/h1-3H,(H,13,14). The third-order valence-corrected chi connectivity index (χ3v) is 3.55. The van der Waals surface area contributed by atoms with Crippen LogP contribution in [-0.2, 0) is 0 Å². The highest BCUT2D eigenvalue weighted by Crippen LogP contribution is 2.33. The van der Waals surface area contributed by atoms with E-state index < -0.39 is 10.9 Å². The van der Waals surface area contributed by atoms with E-state index in [9.17, 15) is 14.9 Å². The SMILES string of the molecule is O=C(O)c1ccc([N+](=O)[O-])c(Sc2nncs2)n1. The van der Waals surface area contributed by atoms with Gasteiger partial charge in [-0.25, -0.2) is 9.78 Å². The van der Waals surface area contributed by atoms with E-state index in [4.69, 9.17) is 5.11 Å². The molecule has 1 N–H and O–H groups in total. The average Bonchev–Trinajstić information content (AvgIpc) is 2.81. The molecule has 92 valence electrons. The van der Waals surface area contributed by atoms with Crippen molar-refractivity contribution in [1.82, 2.24) is 15.2 Å². The average molecular weight is 284 g/mol. The van der Waals surface area contributed by atoms with Gasteiger partial charge < -0.3 is 5.11 Å². The molecule has 0 fully saturated rings. The van der Waals surface area contributed by atoms with Gasteiger partial charge in [-0.2, -0.15) is 0 Å². The van der Waals surface area contributed by atoms with E-state index in [1.165, 1.54) is 16.8 Å². The van der Waals surface area contributed by atoms with Crippen LogP contribution in [0.3, 0.4) is 0 Å². The molecular weight excluding hydrogens is 280 g/mol. The van der Waals surface area contributed by atoms with E-state index in [-0.39, 0.29) is 16.4 Å². The summed E-state index contributed by atoms with van der Waals surface area (Å²) in [5.41, 5.74) is 0.947. The molecular formula is C8H4N4O4S2. The Hall–Kier alpha value is -2.07. The molecule has 0 spiro atoms. The van der Waals surface area contributed by atoms with E-state index in [0.717, 1.165) is 23.9 Å². The molecule has 0 aliphatic rings. The highest BCUT2D eigenvalue weighted by atomic mass is 32.2. The number of aromatic carboxylic acids is 1. The second-order valence-electron chi connectivity index (χ2n) is 2.89. The summed E-state index contributed by atoms with van der Waals surface area (Å²) in [6.07, 6.45) is 0. The van der Waals surface area contributed by atoms with Crippen LogP contribution in [-0.4, -0.2) is 31.2 Å². The van der Waals surface area contributed by atoms with Crippen LogP contribution in [0, 0.1) is 10.1 Å². The number of rotatable bonds is 4. The zero-order valence-corrected chi connectivity index (χ0v) is 10.1. The zero-order valence-electron chi connectivity index (χ0n) is 8.51. The molecule has 0 radical (unpaired) electrons. The highest BCUT2D eigenvalue weighted by molar-refractivity contribution is 8.01. The Morgan fingerprint density at radius 2 is 2.28 bits per heavy atom. The van der Waals surface area contributed by atoms with Crippen molar-refractivity contribution in [3.05, 3.63) is 33.5 Å². The quantitative estimate of drug-likeness (QED) is 0.665. The fraction of sp³-hybridized carbons (Fsp3) is 0. The molecule has 0 unspecified atom stereocenters. The van der Waals surface area contributed by atoms with Crippen molar-refractivity contribution in [2.75, 3.05) is 0 Å². The molecule has 2 rings (SSSR count). The topological polar surface area (TPSA) is 119 Å². The number of hydrogen-bond acceptors (Lipinski definition) is 8. The number of hydrogen-bond donors (Lipinski definition) is 1. The summed E-state index contributed by atoms with van der Waals surface area (Å²) < 4.78 is 0.452. The van der Waals surface area contributed by atoms with Gasteiger partial charge >= 0.3 is 11.7 Å². The largest absolute Gasteiger partial charge is 0.477 e. The normalized spacial score (nSPS) is 10.2. The third-order valence-electron chi connectivity index (χ3n) is 1.78. The van der Waals surface area contributed by atoms with E-state index >= 15 is 0 Å². The van der Waals surface area contributed by atoms with Gasteiger partial charge in [-0.05, 0) is 17.8 Å². The minimum absolute atomic E-state index is 0.0170. The fourth-order valence-electron chi connectivity index (χ4n) is 1.06. The van der Waals surface area contributed by atoms with Crippen molar-refractivity contribution in [2.45, 2.75) is 9.37 Å². The second-order valence-corrected chi connectivity index (χ2v) is 4.96. The summed E-state index contributed by atoms with van der Waals surface area (Å²) in [5, 5.41) is 26.9. The number of nitrogens with zero attached hydrogens (tertiary/aromatic N) is 4. The number of pyridine rings is 1. The Bertz CT molecular complexity index is 601. The van der Waals surface area contributed by atoms with Crippen molar-refractivity contribution in [3.8, 4) is 0 Å². The van der Waals surface area contributed by atoms with Gasteiger partial charge in [-0.1, -0.05) is 11.3 Å². The summed E-state index contributed by atoms with van der Waals surface area (Å²) in [6.45, 7) is 0. The lowest BCUT2D eigenvalue weighted by Gasteiger charge is -2.00. The van der Waals surface area contributed by atoms with Gasteiger partial charge in [-0.3, -0.25) is 10.1 Å². The smallest absolute Gasteiger partial charge is 0.354 e. The van der Waals surface area contributed by atoms with Crippen molar-refractivity contribution >= 4 is 34.8 Å². The maximum absolute atomic E-state index is 10.8. The maximum Gasteiger partial charge on any atom is 0.354 e. The second kappa shape index (κ2) is 5.06. The highest BCUT2D eigenvalue weighted by Gasteiger charge is 2.20. The Morgan fingerprint density at radius 3 is 2.83 bits per heavy atom. The van der Waals surface area contributed by atoms with Crippen molar-refractivity contribution in [3.63, 3.8) is 0 Å². The van der Waals surface area contributed by atoms with Crippen LogP contribution < -0.4 is 0 Å². The van der Waals surface area contributed by atoms with Crippen molar-refractivity contribution < 1.29 is 14.8 Å². The van der Waals surface area contributed by atoms with E-state index in [1.807, 2.05) is 0 Å². The van der Waals surface area contributed by atoms with Crippen LogP contribution in [0.4, 0.5) is 5.69 Å². The number of aromatic nitrogens is 3. The lowest BCUT2D eigenvalue weighted by Crippen LogP contribution is -2.03. The van der Waals surface area contributed by atoms with Gasteiger partial charge in [-0.15, -0.1) is 10.2 Å². The number of carboxylic acid groups (broad SMARTS) is 1. The van der Waals surface area contributed by atoms with Crippen LogP contribution in [0.2, 0.25) is 0 Å². The van der Waals surface area contributed by atoms with Crippen LogP contribution in [0.5, 0.6) is 0 Å². The molecule has 2 aromatic heterocycles. The molecule has 0 atom stereocenters. The van der Waals surface area contributed by atoms with Crippen molar-refractivity contribution in [2.24, 2.45) is 0 Å². The Labute approximate surface area is 108 Å². The van der Waals surface area contributed by atoms with Crippen LogP contribution in [0.15, 0.2) is 27.0 Å². The first-order valence-electron chi connectivity index (χ1n) is 4.40. The molecule has 0 saturated carbocycles. The first kappa shape index (κ1) is 12.4. The Kier molecular flexibility index (Phi) is 3.48. The van der Waals surface area contributed by atoms with Gasteiger partial charge in [0.1, 0.15) is 11.2 Å². The van der Waals surface area contributed by atoms with Crippen LogP contribution >= 0.6 is 23.1 Å². The van der Waals surface area contributed by atoms with Gasteiger partial charge in [0.2, 0.25) is 0 Å². The molecule has 8 nitrogen and oxygen atoms in total. The first-order valence-corrected chi connectivity index (χ1v) is 6.10. The minimum Gasteiger partial charge on any atom is -0.477 e. The van der Waals surface area contributed by atoms with Gasteiger partial charge in [0.25, 0.3) is 0 Å². The summed E-state index contributed by atoms with van der Waals surface area (Å²) in [4.78, 5) is 24.7. The summed E-state index contributed by atoms with van der Waals surface area (Å²) in [5.74, 6) is -1.25. The van der Waals surface area contributed by atoms with Gasteiger partial charge in [0.15, 0.2) is 9.37 Å². The molecule has 0 aromatic carbocycles. The molecule has 10 heteroatoms. The van der Waals surface area contributed by atoms with E-state index in [0.29, 0.717) is 4.34 Å². The van der Waals surface area contributed by atoms with Gasteiger partial charge in [0, 0.05) is 6.07 Å². The molecule has 0 aliphatic heterocycles. The lowest BCUT2D eigenvalue weighted by molar-refractivity contribution is -0.388. The summed E-state index contributed by atoms with van der Waals surface area (Å²) >= 11 is 2.09. The number of carboxylic acids is 1. The molecule has 0 saturated heterocycles. The predicted molar refractivity (Wildman–Crippen MR) is 61.9 cm³/mol. The number of nitro groups is 1. The predicted octanol–water partition coefficient (Wildman–Crippen LogP) is 1.69. The molecule has 2 aromatic rings. The monoisotopic (exact) mass is 284 g/mol. The van der Waals surface area contributed by atoms with E-state index in [1.54, 1.807) is 0 Å². The first-order chi connectivity index (χ1) is 8.58. The third kappa shape index (κ3) is 2.60. The van der Waals surface area contributed by atoms with E-state index in [2.05, 4.69) is 15.2 Å². The minimum atomic E-state index is -1.25. The van der Waals surface area contributed by atoms with Crippen LogP contribution in [0.1, 0.15) is 10.5 Å². The molecule has 18 heavy (non-hydrogen) atoms. The van der Waals surface area contributed by atoms with Crippen molar-refractivity contribution in [1.29, 1.82) is 0 Å². The summed E-state index contributed by atoms with van der Waals surface area (Å²) in [7, 11) is 0. The molecule has 2 heterocycles. The lowest BCUT2D eigenvalue weighted by atomic mass is 10.3. The maximum atomic E-state index is 10.8. The van der Waals surface area contributed by atoms with Crippen LogP contribution in [0.25, 0.3) is 0 Å².